The molecule has 0 fully saturated rings. The second-order valence-corrected chi connectivity index (χ2v) is 9.91. The molecule has 0 atom stereocenters. The molecular formula is C25H23N5O3S. The number of para-hydroxylation sites is 1. The first-order valence-electron chi connectivity index (χ1n) is 10.7. The van der Waals surface area contributed by atoms with E-state index in [9.17, 15) is 8.42 Å². The third-order valence-electron chi connectivity index (χ3n) is 5.72. The van der Waals surface area contributed by atoms with Crippen LogP contribution in [0.25, 0.3) is 16.6 Å². The van der Waals surface area contributed by atoms with Crippen LogP contribution < -0.4 is 10.1 Å². The van der Waals surface area contributed by atoms with E-state index in [4.69, 9.17) is 4.74 Å². The van der Waals surface area contributed by atoms with E-state index in [0.29, 0.717) is 23.4 Å². The maximum absolute atomic E-state index is 13.5. The highest BCUT2D eigenvalue weighted by atomic mass is 32.2. The lowest BCUT2D eigenvalue weighted by Crippen LogP contribution is -2.08. The van der Waals surface area contributed by atoms with Crippen LogP contribution in [0.15, 0.2) is 76.7 Å². The third-order valence-corrected chi connectivity index (χ3v) is 7.53. The summed E-state index contributed by atoms with van der Waals surface area (Å²) in [5, 5.41) is 12.2. The lowest BCUT2D eigenvalue weighted by molar-refractivity contribution is 0.414. The van der Waals surface area contributed by atoms with Gasteiger partial charge >= 0.3 is 0 Å². The fourth-order valence-electron chi connectivity index (χ4n) is 3.99. The van der Waals surface area contributed by atoms with Crippen LogP contribution in [0.4, 0.5) is 5.82 Å². The zero-order valence-corrected chi connectivity index (χ0v) is 19.8. The van der Waals surface area contributed by atoms with Gasteiger partial charge in [-0.3, -0.25) is 0 Å². The van der Waals surface area contributed by atoms with Crippen molar-refractivity contribution in [2.75, 3.05) is 12.4 Å². The van der Waals surface area contributed by atoms with Gasteiger partial charge in [0.15, 0.2) is 5.65 Å². The predicted molar refractivity (Wildman–Crippen MR) is 130 cm³/mol. The number of anilines is 1. The summed E-state index contributed by atoms with van der Waals surface area (Å²) in [4.78, 5) is 4.87. The molecule has 0 aliphatic heterocycles. The van der Waals surface area contributed by atoms with Gasteiger partial charge in [-0.05, 0) is 55.3 Å². The van der Waals surface area contributed by atoms with E-state index in [-0.39, 0.29) is 15.6 Å². The molecule has 0 aliphatic carbocycles. The number of ether oxygens (including phenoxy) is 1. The van der Waals surface area contributed by atoms with Gasteiger partial charge in [0.25, 0.3) is 0 Å². The van der Waals surface area contributed by atoms with E-state index in [0.717, 1.165) is 22.3 Å². The Bertz CT molecular complexity index is 1630. The van der Waals surface area contributed by atoms with Gasteiger partial charge < -0.3 is 10.1 Å². The molecule has 2 aromatic heterocycles. The smallest absolute Gasteiger partial charge is 0.229 e. The second-order valence-electron chi connectivity index (χ2n) is 8.08. The first-order chi connectivity index (χ1) is 16.4. The van der Waals surface area contributed by atoms with E-state index in [1.807, 2.05) is 61.5 Å². The van der Waals surface area contributed by atoms with Crippen molar-refractivity contribution < 1.29 is 13.2 Å². The van der Waals surface area contributed by atoms with Crippen LogP contribution >= 0.6 is 0 Å². The number of benzene rings is 3. The molecule has 0 radical (unpaired) electrons. The molecule has 0 spiro atoms. The van der Waals surface area contributed by atoms with Crippen molar-refractivity contribution in [1.82, 2.24) is 19.8 Å². The van der Waals surface area contributed by atoms with Gasteiger partial charge in [-0.25, -0.2) is 13.4 Å². The Morgan fingerprint density at radius 2 is 1.76 bits per heavy atom. The Balaban J connectivity index is 1.62. The highest BCUT2D eigenvalue weighted by molar-refractivity contribution is 7.91. The quantitative estimate of drug-likeness (QED) is 0.391. The molecule has 5 aromatic rings. The van der Waals surface area contributed by atoms with E-state index >= 15 is 0 Å². The molecule has 0 unspecified atom stereocenters. The van der Waals surface area contributed by atoms with Crippen molar-refractivity contribution in [2.24, 2.45) is 0 Å². The molecule has 5 rings (SSSR count). The molecule has 172 valence electrons. The summed E-state index contributed by atoms with van der Waals surface area (Å²) in [7, 11) is -2.30. The van der Waals surface area contributed by atoms with Crippen LogP contribution in [0.3, 0.4) is 0 Å². The molecule has 0 saturated carbocycles. The number of aryl methyl sites for hydroxylation is 2. The average Bonchev–Trinajstić information content (AvgIpc) is 3.28. The zero-order valence-electron chi connectivity index (χ0n) is 19.0. The number of aromatic nitrogens is 4. The molecule has 8 nitrogen and oxygen atoms in total. The fourth-order valence-corrected chi connectivity index (χ4v) is 5.44. The van der Waals surface area contributed by atoms with Gasteiger partial charge in [-0.2, -0.15) is 4.52 Å². The van der Waals surface area contributed by atoms with Crippen molar-refractivity contribution in [3.63, 3.8) is 0 Å². The molecule has 3 aromatic carbocycles. The first-order valence-corrected chi connectivity index (χ1v) is 12.2. The number of fused-ring (bicyclic) bond motifs is 3. The number of methoxy groups -OCH3 is 1. The summed E-state index contributed by atoms with van der Waals surface area (Å²) >= 11 is 0. The SMILES string of the molecule is COc1ccc(CNc2nc3c(S(=O)(=O)c4ccc(C)cc4C)nnn3c3ccccc23)cc1. The van der Waals surface area contributed by atoms with Crippen LogP contribution in [-0.4, -0.2) is 35.3 Å². The minimum absolute atomic E-state index is 0.169. The maximum Gasteiger partial charge on any atom is 0.229 e. The molecule has 9 heteroatoms. The normalized spacial score (nSPS) is 11.7. The number of nitrogens with one attached hydrogen (secondary N) is 1. The van der Waals surface area contributed by atoms with Crippen LogP contribution in [0.2, 0.25) is 0 Å². The Morgan fingerprint density at radius 3 is 2.50 bits per heavy atom. The monoisotopic (exact) mass is 473 g/mol. The van der Waals surface area contributed by atoms with E-state index in [1.54, 1.807) is 26.2 Å². The average molecular weight is 474 g/mol. The summed E-state index contributed by atoms with van der Waals surface area (Å²) < 4.78 is 33.8. The molecule has 0 saturated heterocycles. The highest BCUT2D eigenvalue weighted by Gasteiger charge is 2.28. The minimum Gasteiger partial charge on any atom is -0.497 e. The molecule has 0 aliphatic rings. The Kier molecular flexibility index (Phi) is 5.41. The van der Waals surface area contributed by atoms with E-state index in [1.165, 1.54) is 4.52 Å². The lowest BCUT2D eigenvalue weighted by Gasteiger charge is -2.11. The number of hydrogen-bond donors (Lipinski definition) is 1. The van der Waals surface area contributed by atoms with Gasteiger partial charge in [0.2, 0.25) is 14.9 Å². The number of nitrogens with zero attached hydrogens (tertiary/aromatic N) is 4. The lowest BCUT2D eigenvalue weighted by atomic mass is 10.2. The zero-order chi connectivity index (χ0) is 23.9. The van der Waals surface area contributed by atoms with Crippen LogP contribution in [-0.2, 0) is 16.4 Å². The molecule has 1 N–H and O–H groups in total. The van der Waals surface area contributed by atoms with Crippen molar-refractivity contribution in [1.29, 1.82) is 0 Å². The Morgan fingerprint density at radius 1 is 1.00 bits per heavy atom. The summed E-state index contributed by atoms with van der Waals surface area (Å²) in [6.45, 7) is 4.19. The topological polar surface area (TPSA) is 98.5 Å². The third kappa shape index (κ3) is 3.73. The Hall–Kier alpha value is -3.98. The van der Waals surface area contributed by atoms with Gasteiger partial charge in [-0.15, -0.1) is 5.10 Å². The number of sulfone groups is 1. The second kappa shape index (κ2) is 8.42. The standard InChI is InChI=1S/C25H23N5O3S/c1-16-8-13-22(17(2)14-16)34(31,32)25-24-27-23(26-15-18-9-11-19(33-3)12-10-18)20-6-4-5-7-21(20)30(24)29-28-25/h4-14H,15H2,1-3H3,(H,26,27). The van der Waals surface area contributed by atoms with Crippen molar-refractivity contribution in [2.45, 2.75) is 30.3 Å². The number of hydrogen-bond acceptors (Lipinski definition) is 7. The van der Waals surface area contributed by atoms with Crippen LogP contribution in [0.5, 0.6) is 5.75 Å². The molecule has 2 heterocycles. The molecule has 34 heavy (non-hydrogen) atoms. The van der Waals surface area contributed by atoms with E-state index in [2.05, 4.69) is 20.6 Å². The predicted octanol–water partition coefficient (Wildman–Crippen LogP) is 4.35. The van der Waals surface area contributed by atoms with E-state index < -0.39 is 9.84 Å². The first kappa shape index (κ1) is 21.8. The maximum atomic E-state index is 13.5. The minimum atomic E-state index is -3.93. The molecular weight excluding hydrogens is 450 g/mol. The van der Waals surface area contributed by atoms with Gasteiger partial charge in [-0.1, -0.05) is 47.2 Å². The summed E-state index contributed by atoms with van der Waals surface area (Å²) in [5.74, 6) is 1.33. The van der Waals surface area contributed by atoms with Gasteiger partial charge in [0.05, 0.1) is 17.5 Å². The fraction of sp³-hybridized carbons (Fsp3) is 0.160. The van der Waals surface area contributed by atoms with Crippen LogP contribution in [0.1, 0.15) is 16.7 Å². The van der Waals surface area contributed by atoms with Crippen molar-refractivity contribution in [3.05, 3.63) is 83.4 Å². The number of rotatable bonds is 6. The molecule has 0 amide bonds. The van der Waals surface area contributed by atoms with Crippen LogP contribution in [0, 0.1) is 13.8 Å². The van der Waals surface area contributed by atoms with Gasteiger partial charge in [0, 0.05) is 11.9 Å². The van der Waals surface area contributed by atoms with Crippen molar-refractivity contribution >= 4 is 32.2 Å². The van der Waals surface area contributed by atoms with Gasteiger partial charge in [0.1, 0.15) is 11.6 Å². The Labute approximate surface area is 197 Å². The summed E-state index contributed by atoms with van der Waals surface area (Å²) in [5.41, 5.74) is 3.55. The summed E-state index contributed by atoms with van der Waals surface area (Å²) in [6, 6.07) is 20.5. The summed E-state index contributed by atoms with van der Waals surface area (Å²) in [6.07, 6.45) is 0. The largest absolute Gasteiger partial charge is 0.497 e. The highest BCUT2D eigenvalue weighted by Crippen LogP contribution is 2.29. The van der Waals surface area contributed by atoms with Crippen molar-refractivity contribution in [3.8, 4) is 5.75 Å². The molecule has 0 bridgehead atoms.